The molecule has 2 N–H and O–H groups in total. The maximum Gasteiger partial charge on any atom is 0.268 e. The van der Waals surface area contributed by atoms with Crippen molar-refractivity contribution in [1.29, 1.82) is 0 Å². The van der Waals surface area contributed by atoms with Gasteiger partial charge in [0, 0.05) is 10.4 Å². The quantitative estimate of drug-likeness (QED) is 0.459. The fraction of sp³-hybridized carbons (Fsp3) is 0.231. The zero-order valence-electron chi connectivity index (χ0n) is 19.4. The molecule has 0 saturated heterocycles. The van der Waals surface area contributed by atoms with Gasteiger partial charge in [-0.1, -0.05) is 29.8 Å². The van der Waals surface area contributed by atoms with E-state index >= 15 is 0 Å². The molecule has 33 heavy (non-hydrogen) atoms. The van der Waals surface area contributed by atoms with E-state index in [0.29, 0.717) is 17.1 Å². The molecule has 0 aliphatic rings. The molecule has 7 heteroatoms. The molecule has 0 aliphatic carbocycles. The molecule has 2 amide bonds. The minimum atomic E-state index is -0.423. The first-order valence-corrected chi connectivity index (χ1v) is 11.4. The van der Waals surface area contributed by atoms with Crippen LogP contribution in [-0.4, -0.2) is 26.0 Å². The van der Waals surface area contributed by atoms with Gasteiger partial charge in [0.05, 0.1) is 20.3 Å². The van der Waals surface area contributed by atoms with E-state index in [-0.39, 0.29) is 17.6 Å². The second-order valence-electron chi connectivity index (χ2n) is 7.65. The van der Waals surface area contributed by atoms with Crippen molar-refractivity contribution in [3.05, 3.63) is 86.7 Å². The number of aryl methyl sites for hydroxylation is 2. The lowest BCUT2D eigenvalue weighted by molar-refractivity contribution is -0.118. The van der Waals surface area contributed by atoms with Crippen LogP contribution in [-0.2, 0) is 4.79 Å². The first kappa shape index (κ1) is 24.1. The van der Waals surface area contributed by atoms with Gasteiger partial charge < -0.3 is 20.1 Å². The molecule has 3 rings (SSSR count). The van der Waals surface area contributed by atoms with Crippen molar-refractivity contribution in [2.45, 2.75) is 26.8 Å². The van der Waals surface area contributed by atoms with Gasteiger partial charge >= 0.3 is 0 Å². The largest absolute Gasteiger partial charge is 0.493 e. The summed E-state index contributed by atoms with van der Waals surface area (Å²) >= 11 is 1.48. The maximum absolute atomic E-state index is 13.2. The number of amides is 2. The highest BCUT2D eigenvalue weighted by molar-refractivity contribution is 7.10. The van der Waals surface area contributed by atoms with E-state index in [2.05, 4.69) is 16.7 Å². The van der Waals surface area contributed by atoms with Gasteiger partial charge in [-0.2, -0.15) is 0 Å². The van der Waals surface area contributed by atoms with Gasteiger partial charge in [-0.3, -0.25) is 9.59 Å². The first-order valence-electron chi connectivity index (χ1n) is 10.5. The molecule has 0 bridgehead atoms. The molecule has 2 aromatic carbocycles. The number of methoxy groups -OCH3 is 2. The number of nitrogens with one attached hydrogen (secondary N) is 2. The van der Waals surface area contributed by atoms with Crippen LogP contribution < -0.4 is 20.1 Å². The average molecular weight is 465 g/mol. The van der Waals surface area contributed by atoms with Crippen LogP contribution in [0, 0.1) is 13.8 Å². The number of carbonyl (C=O) groups excluding carboxylic acids is 2. The van der Waals surface area contributed by atoms with Gasteiger partial charge in [0.25, 0.3) is 11.8 Å². The lowest BCUT2D eigenvalue weighted by Crippen LogP contribution is -2.36. The predicted molar refractivity (Wildman–Crippen MR) is 132 cm³/mol. The summed E-state index contributed by atoms with van der Waals surface area (Å²) in [5.41, 5.74) is 3.75. The van der Waals surface area contributed by atoms with E-state index in [1.165, 1.54) is 25.6 Å². The Bertz CT molecular complexity index is 1170. The molecule has 172 valence electrons. The smallest absolute Gasteiger partial charge is 0.268 e. The number of thiophene rings is 1. The molecule has 1 heterocycles. The van der Waals surface area contributed by atoms with Crippen LogP contribution in [0.5, 0.6) is 11.5 Å². The lowest BCUT2D eigenvalue weighted by atomic mass is 10.00. The van der Waals surface area contributed by atoms with E-state index in [1.807, 2.05) is 50.4 Å². The Hall–Kier alpha value is -3.58. The summed E-state index contributed by atoms with van der Waals surface area (Å²) in [6.45, 7) is 5.96. The van der Waals surface area contributed by atoms with Crippen LogP contribution in [0.15, 0.2) is 59.6 Å². The molecule has 0 fully saturated rings. The molecule has 0 radical (unpaired) electrons. The minimum absolute atomic E-state index is 0.161. The number of hydrogen-bond donors (Lipinski definition) is 2. The molecular formula is C26H28N2O4S. The van der Waals surface area contributed by atoms with Crippen LogP contribution in [0.1, 0.15) is 44.9 Å². The summed E-state index contributed by atoms with van der Waals surface area (Å²) in [5, 5.41) is 7.69. The summed E-state index contributed by atoms with van der Waals surface area (Å²) in [6.07, 6.45) is 1.68. The van der Waals surface area contributed by atoms with Gasteiger partial charge in [0.15, 0.2) is 11.5 Å². The van der Waals surface area contributed by atoms with Gasteiger partial charge in [-0.05, 0) is 67.6 Å². The highest BCUT2D eigenvalue weighted by atomic mass is 32.1. The third-order valence-corrected chi connectivity index (χ3v) is 6.04. The Morgan fingerprint density at radius 1 is 1.00 bits per heavy atom. The van der Waals surface area contributed by atoms with Crippen molar-refractivity contribution in [1.82, 2.24) is 10.6 Å². The number of rotatable bonds is 8. The Balaban J connectivity index is 1.85. The summed E-state index contributed by atoms with van der Waals surface area (Å²) in [6, 6.07) is 14.5. The lowest BCUT2D eigenvalue weighted by Gasteiger charge is -2.19. The third kappa shape index (κ3) is 6.02. The van der Waals surface area contributed by atoms with Crippen molar-refractivity contribution in [3.8, 4) is 11.5 Å². The van der Waals surface area contributed by atoms with Crippen LogP contribution in [0.4, 0.5) is 0 Å². The van der Waals surface area contributed by atoms with Crippen molar-refractivity contribution in [3.63, 3.8) is 0 Å². The van der Waals surface area contributed by atoms with Crippen molar-refractivity contribution >= 4 is 29.2 Å². The number of hydrogen-bond acceptors (Lipinski definition) is 5. The van der Waals surface area contributed by atoms with Gasteiger partial charge in [0.1, 0.15) is 5.70 Å². The van der Waals surface area contributed by atoms with Crippen LogP contribution >= 0.6 is 11.3 Å². The summed E-state index contributed by atoms with van der Waals surface area (Å²) in [4.78, 5) is 27.0. The van der Waals surface area contributed by atoms with Crippen LogP contribution in [0.2, 0.25) is 0 Å². The fourth-order valence-electron chi connectivity index (χ4n) is 3.42. The van der Waals surface area contributed by atoms with E-state index < -0.39 is 5.91 Å². The molecular weight excluding hydrogens is 436 g/mol. The van der Waals surface area contributed by atoms with E-state index in [4.69, 9.17) is 9.47 Å². The number of benzene rings is 2. The monoisotopic (exact) mass is 464 g/mol. The predicted octanol–water partition coefficient (Wildman–Crippen LogP) is 5.03. The molecule has 3 aromatic rings. The van der Waals surface area contributed by atoms with Crippen molar-refractivity contribution in [2.24, 2.45) is 0 Å². The van der Waals surface area contributed by atoms with E-state index in [0.717, 1.165) is 21.6 Å². The van der Waals surface area contributed by atoms with E-state index in [9.17, 15) is 9.59 Å². The first-order chi connectivity index (χ1) is 15.8. The average Bonchev–Trinajstić information content (AvgIpc) is 3.32. The Morgan fingerprint density at radius 3 is 2.42 bits per heavy atom. The maximum atomic E-state index is 13.2. The Labute approximate surface area is 198 Å². The Morgan fingerprint density at radius 2 is 1.76 bits per heavy atom. The van der Waals surface area contributed by atoms with Gasteiger partial charge in [-0.15, -0.1) is 11.3 Å². The summed E-state index contributed by atoms with van der Waals surface area (Å²) < 4.78 is 10.5. The summed E-state index contributed by atoms with van der Waals surface area (Å²) in [5.74, 6) is 0.157. The Kier molecular flexibility index (Phi) is 7.90. The molecule has 0 saturated carbocycles. The second kappa shape index (κ2) is 10.8. The zero-order valence-corrected chi connectivity index (χ0v) is 20.2. The fourth-order valence-corrected chi connectivity index (χ4v) is 4.08. The normalized spacial score (nSPS) is 12.1. The number of ether oxygens (including phenoxy) is 2. The van der Waals surface area contributed by atoms with E-state index in [1.54, 1.807) is 24.3 Å². The molecule has 0 spiro atoms. The molecule has 1 unspecified atom stereocenters. The van der Waals surface area contributed by atoms with Gasteiger partial charge in [0.2, 0.25) is 0 Å². The molecule has 6 nitrogen and oxygen atoms in total. The highest BCUT2D eigenvalue weighted by Gasteiger charge is 2.19. The standard InChI is InChI=1S/C26H28N2O4S/c1-16-8-9-17(2)21(13-16)18(3)27-26(30)22(15-20-7-6-12-33-20)28-25(29)19-10-11-23(31-4)24(14-19)32-5/h6-15,18H,1-5H3,(H,27,30)(H,28,29)/b22-15-. The second-order valence-corrected chi connectivity index (χ2v) is 8.63. The highest BCUT2D eigenvalue weighted by Crippen LogP contribution is 2.27. The SMILES string of the molecule is COc1ccc(C(=O)N/C(=C\c2cccs2)C(=O)NC(C)c2cc(C)ccc2C)cc1OC. The van der Waals surface area contributed by atoms with Crippen LogP contribution in [0.3, 0.4) is 0 Å². The van der Waals surface area contributed by atoms with Crippen molar-refractivity contribution in [2.75, 3.05) is 14.2 Å². The van der Waals surface area contributed by atoms with Gasteiger partial charge in [-0.25, -0.2) is 0 Å². The zero-order chi connectivity index (χ0) is 24.0. The minimum Gasteiger partial charge on any atom is -0.493 e. The molecule has 1 aromatic heterocycles. The molecule has 1 atom stereocenters. The number of carbonyl (C=O) groups is 2. The van der Waals surface area contributed by atoms with Crippen molar-refractivity contribution < 1.29 is 19.1 Å². The van der Waals surface area contributed by atoms with Crippen LogP contribution in [0.25, 0.3) is 6.08 Å². The topological polar surface area (TPSA) is 76.7 Å². The summed E-state index contributed by atoms with van der Waals surface area (Å²) in [7, 11) is 3.03. The third-order valence-electron chi connectivity index (χ3n) is 5.22. The molecule has 0 aliphatic heterocycles.